The molecule has 54 valence electrons. The molecule has 1 heterocycles. The summed E-state index contributed by atoms with van der Waals surface area (Å²) in [5.74, 6) is 0. The quantitative estimate of drug-likeness (QED) is 0.586. The minimum Gasteiger partial charge on any atom is -0.397 e. The maximum absolute atomic E-state index is 5.61. The second kappa shape index (κ2) is 2.60. The van der Waals surface area contributed by atoms with Crippen molar-refractivity contribution in [2.75, 3.05) is 6.54 Å². The molecule has 1 aliphatic rings. The minimum absolute atomic E-state index is 0.754. The Morgan fingerprint density at radius 2 is 2.40 bits per heavy atom. The smallest absolute Gasteiger partial charge is 0.0566 e. The summed E-state index contributed by atoms with van der Waals surface area (Å²) in [5.41, 5.74) is 7.26. The third-order valence-corrected chi connectivity index (χ3v) is 1.56. The van der Waals surface area contributed by atoms with E-state index in [1.165, 1.54) is 0 Å². The van der Waals surface area contributed by atoms with Gasteiger partial charge in [0, 0.05) is 12.7 Å². The molecule has 1 rings (SSSR count). The average molecular weight is 136 g/mol. The number of nitrogens with zero attached hydrogens (tertiary/aromatic N) is 1. The first-order valence-electron chi connectivity index (χ1n) is 3.35. The van der Waals surface area contributed by atoms with E-state index in [4.69, 9.17) is 5.73 Å². The van der Waals surface area contributed by atoms with Gasteiger partial charge >= 0.3 is 0 Å². The van der Waals surface area contributed by atoms with Crippen LogP contribution in [-0.2, 0) is 0 Å². The van der Waals surface area contributed by atoms with Crippen molar-refractivity contribution < 1.29 is 0 Å². The highest BCUT2D eigenvalue weighted by atomic mass is 15.1. The van der Waals surface area contributed by atoms with Gasteiger partial charge in [-0.05, 0) is 19.1 Å². The van der Waals surface area contributed by atoms with E-state index in [9.17, 15) is 0 Å². The Bertz CT molecular complexity index is 201. The lowest BCUT2D eigenvalue weighted by molar-refractivity contribution is 0.496. The number of hydrogen-bond acceptors (Lipinski definition) is 2. The molecule has 0 aromatic rings. The number of likely N-dealkylation sites (N-methyl/N-ethyl adjacent to an activating group) is 1. The van der Waals surface area contributed by atoms with Gasteiger partial charge in [-0.3, -0.25) is 0 Å². The topological polar surface area (TPSA) is 29.3 Å². The molecule has 0 aliphatic carbocycles. The second-order valence-corrected chi connectivity index (χ2v) is 2.20. The Morgan fingerprint density at radius 3 is 2.90 bits per heavy atom. The van der Waals surface area contributed by atoms with Crippen molar-refractivity contribution >= 4 is 0 Å². The molecule has 2 nitrogen and oxygen atoms in total. The molecule has 0 amide bonds. The van der Waals surface area contributed by atoms with Gasteiger partial charge in [-0.25, -0.2) is 0 Å². The van der Waals surface area contributed by atoms with Crippen molar-refractivity contribution in [1.29, 1.82) is 0 Å². The zero-order chi connectivity index (χ0) is 7.56. The van der Waals surface area contributed by atoms with E-state index in [0.717, 1.165) is 17.9 Å². The van der Waals surface area contributed by atoms with Gasteiger partial charge in [0.15, 0.2) is 0 Å². The van der Waals surface area contributed by atoms with E-state index in [-0.39, 0.29) is 0 Å². The van der Waals surface area contributed by atoms with Gasteiger partial charge in [0.05, 0.1) is 11.4 Å². The fourth-order valence-corrected chi connectivity index (χ4v) is 0.899. The van der Waals surface area contributed by atoms with Crippen molar-refractivity contribution in [2.24, 2.45) is 5.73 Å². The third kappa shape index (κ3) is 1.05. The van der Waals surface area contributed by atoms with Crippen molar-refractivity contribution in [3.63, 3.8) is 0 Å². The Morgan fingerprint density at radius 1 is 1.70 bits per heavy atom. The molecule has 2 N–H and O–H groups in total. The van der Waals surface area contributed by atoms with Gasteiger partial charge in [0.1, 0.15) is 0 Å². The third-order valence-electron chi connectivity index (χ3n) is 1.56. The van der Waals surface area contributed by atoms with Crippen LogP contribution in [0.15, 0.2) is 36.3 Å². The standard InChI is InChI=1S/C8H12N2/c1-3-10-6-4-5-8(9)7(10)2/h4-6H,2-3,9H2,1H3. The summed E-state index contributed by atoms with van der Waals surface area (Å²) in [6, 6.07) is 0. The van der Waals surface area contributed by atoms with Gasteiger partial charge in [-0.2, -0.15) is 0 Å². The molecule has 0 spiro atoms. The largest absolute Gasteiger partial charge is 0.397 e. The van der Waals surface area contributed by atoms with Crippen LogP contribution >= 0.6 is 0 Å². The highest BCUT2D eigenvalue weighted by Gasteiger charge is 2.06. The lowest BCUT2D eigenvalue weighted by atomic mass is 10.2. The van der Waals surface area contributed by atoms with Crippen LogP contribution in [-0.4, -0.2) is 11.4 Å². The van der Waals surface area contributed by atoms with E-state index >= 15 is 0 Å². The molecule has 0 saturated carbocycles. The highest BCUT2D eigenvalue weighted by molar-refractivity contribution is 5.32. The summed E-state index contributed by atoms with van der Waals surface area (Å²) in [6.07, 6.45) is 5.75. The average Bonchev–Trinajstić information content (AvgIpc) is 1.95. The predicted octanol–water partition coefficient (Wildman–Crippen LogP) is 1.19. The Kier molecular flexibility index (Phi) is 1.81. The first kappa shape index (κ1) is 6.93. The molecule has 10 heavy (non-hydrogen) atoms. The number of hydrogen-bond donors (Lipinski definition) is 1. The number of nitrogens with two attached hydrogens (primary N) is 1. The maximum Gasteiger partial charge on any atom is 0.0566 e. The normalized spacial score (nSPS) is 17.5. The van der Waals surface area contributed by atoms with Crippen molar-refractivity contribution in [2.45, 2.75) is 6.92 Å². The summed E-state index contributed by atoms with van der Waals surface area (Å²) >= 11 is 0. The summed E-state index contributed by atoms with van der Waals surface area (Å²) in [6.45, 7) is 6.81. The minimum atomic E-state index is 0.754. The fraction of sp³-hybridized carbons (Fsp3) is 0.250. The molecule has 0 aromatic heterocycles. The van der Waals surface area contributed by atoms with Crippen molar-refractivity contribution in [3.8, 4) is 0 Å². The predicted molar refractivity (Wildman–Crippen MR) is 42.9 cm³/mol. The highest BCUT2D eigenvalue weighted by Crippen LogP contribution is 2.12. The molecule has 2 heteroatoms. The fourth-order valence-electron chi connectivity index (χ4n) is 0.899. The zero-order valence-electron chi connectivity index (χ0n) is 6.17. The molecule has 0 saturated heterocycles. The van der Waals surface area contributed by atoms with Gasteiger partial charge in [0.25, 0.3) is 0 Å². The van der Waals surface area contributed by atoms with Crippen molar-refractivity contribution in [3.05, 3.63) is 36.3 Å². The molecule has 0 bridgehead atoms. The first-order chi connectivity index (χ1) is 4.75. The van der Waals surface area contributed by atoms with Crippen LogP contribution < -0.4 is 5.73 Å². The Labute approximate surface area is 61.3 Å². The van der Waals surface area contributed by atoms with E-state index in [1.54, 1.807) is 0 Å². The number of rotatable bonds is 1. The van der Waals surface area contributed by atoms with Gasteiger partial charge in [-0.1, -0.05) is 6.58 Å². The molecular formula is C8H12N2. The SMILES string of the molecule is C=C1C(N)=CC=CN1CC. The van der Waals surface area contributed by atoms with Crippen molar-refractivity contribution in [1.82, 2.24) is 4.90 Å². The van der Waals surface area contributed by atoms with Gasteiger partial charge in [-0.15, -0.1) is 0 Å². The van der Waals surface area contributed by atoms with Crippen LogP contribution in [0.3, 0.4) is 0 Å². The van der Waals surface area contributed by atoms with E-state index in [2.05, 4.69) is 13.5 Å². The molecule has 1 aliphatic heterocycles. The molecule has 0 radical (unpaired) electrons. The summed E-state index contributed by atoms with van der Waals surface area (Å²) in [7, 11) is 0. The van der Waals surface area contributed by atoms with Crippen LogP contribution in [0.2, 0.25) is 0 Å². The van der Waals surface area contributed by atoms with Crippen LogP contribution in [0.4, 0.5) is 0 Å². The van der Waals surface area contributed by atoms with E-state index in [0.29, 0.717) is 0 Å². The first-order valence-corrected chi connectivity index (χ1v) is 3.35. The van der Waals surface area contributed by atoms with Gasteiger partial charge < -0.3 is 10.6 Å². The van der Waals surface area contributed by atoms with Crippen LogP contribution in [0.1, 0.15) is 6.92 Å². The molecular weight excluding hydrogens is 124 g/mol. The van der Waals surface area contributed by atoms with Gasteiger partial charge in [0.2, 0.25) is 0 Å². The molecule has 0 fully saturated rings. The lowest BCUT2D eigenvalue weighted by Gasteiger charge is -2.23. The Hall–Kier alpha value is -1.18. The lowest BCUT2D eigenvalue weighted by Crippen LogP contribution is -2.21. The monoisotopic (exact) mass is 136 g/mol. The van der Waals surface area contributed by atoms with Crippen LogP contribution in [0.25, 0.3) is 0 Å². The summed E-state index contributed by atoms with van der Waals surface area (Å²) in [4.78, 5) is 2.01. The molecule has 0 unspecified atom stereocenters. The summed E-state index contributed by atoms with van der Waals surface area (Å²) < 4.78 is 0. The molecule has 0 atom stereocenters. The van der Waals surface area contributed by atoms with E-state index < -0.39 is 0 Å². The Balaban J connectivity index is 2.78. The van der Waals surface area contributed by atoms with Crippen LogP contribution in [0.5, 0.6) is 0 Å². The number of allylic oxidation sites excluding steroid dienone is 2. The molecule has 0 aromatic carbocycles. The second-order valence-electron chi connectivity index (χ2n) is 2.20. The van der Waals surface area contributed by atoms with Crippen LogP contribution in [0, 0.1) is 0 Å². The van der Waals surface area contributed by atoms with E-state index in [1.807, 2.05) is 23.3 Å². The maximum atomic E-state index is 5.61. The summed E-state index contributed by atoms with van der Waals surface area (Å²) in [5, 5.41) is 0. The zero-order valence-corrected chi connectivity index (χ0v) is 6.17.